The lowest BCUT2D eigenvalue weighted by Gasteiger charge is -2.38. The molecule has 0 heterocycles. The summed E-state index contributed by atoms with van der Waals surface area (Å²) >= 11 is 0. The fraction of sp³-hybridized carbons (Fsp3) is 0.929. The summed E-state index contributed by atoms with van der Waals surface area (Å²) in [4.78, 5) is 11.8. The normalized spacial score (nSPS) is 25.3. The minimum Gasteiger partial charge on any atom is -0.396 e. The fourth-order valence-corrected chi connectivity index (χ4v) is 2.59. The van der Waals surface area contributed by atoms with Gasteiger partial charge < -0.3 is 10.4 Å². The summed E-state index contributed by atoms with van der Waals surface area (Å²) in [6.07, 6.45) is 5.61. The molecule has 0 bridgehead atoms. The molecule has 1 fully saturated rings. The fourth-order valence-electron chi connectivity index (χ4n) is 2.59. The second-order valence-electron chi connectivity index (χ2n) is 6.23. The molecule has 0 radical (unpaired) electrons. The van der Waals surface area contributed by atoms with Crippen LogP contribution in [-0.4, -0.2) is 24.2 Å². The molecule has 1 aliphatic carbocycles. The van der Waals surface area contributed by atoms with E-state index in [-0.39, 0.29) is 18.4 Å². The predicted octanol–water partition coefficient (Wildman–Crippen LogP) is 2.34. The molecule has 2 atom stereocenters. The molecule has 0 aromatic carbocycles. The average Bonchev–Trinajstić information content (AvgIpc) is 2.28. The van der Waals surface area contributed by atoms with Gasteiger partial charge in [0.05, 0.1) is 0 Å². The molecule has 3 heteroatoms. The highest BCUT2D eigenvalue weighted by atomic mass is 16.3. The Morgan fingerprint density at radius 1 is 1.47 bits per heavy atom. The van der Waals surface area contributed by atoms with Crippen molar-refractivity contribution in [3.05, 3.63) is 0 Å². The van der Waals surface area contributed by atoms with Crippen LogP contribution in [0.25, 0.3) is 0 Å². The molecule has 100 valence electrons. The van der Waals surface area contributed by atoms with Crippen molar-refractivity contribution in [1.82, 2.24) is 5.32 Å². The molecule has 2 N–H and O–H groups in total. The lowest BCUT2D eigenvalue weighted by molar-refractivity contribution is -0.123. The molecule has 1 amide bonds. The first kappa shape index (κ1) is 14.5. The van der Waals surface area contributed by atoms with Gasteiger partial charge in [-0.25, -0.2) is 0 Å². The van der Waals surface area contributed by atoms with Crippen LogP contribution in [0.2, 0.25) is 0 Å². The van der Waals surface area contributed by atoms with E-state index in [9.17, 15) is 4.79 Å². The molecule has 17 heavy (non-hydrogen) atoms. The molecule has 0 spiro atoms. The predicted molar refractivity (Wildman–Crippen MR) is 69.6 cm³/mol. The van der Waals surface area contributed by atoms with E-state index in [0.717, 1.165) is 0 Å². The summed E-state index contributed by atoms with van der Waals surface area (Å²) in [6.45, 7) is 7.21. The van der Waals surface area contributed by atoms with Gasteiger partial charge in [0.2, 0.25) is 5.91 Å². The van der Waals surface area contributed by atoms with Crippen LogP contribution in [0.1, 0.15) is 52.9 Å². The first-order valence-electron chi connectivity index (χ1n) is 6.83. The maximum Gasteiger partial charge on any atom is 0.220 e. The Morgan fingerprint density at radius 2 is 2.18 bits per heavy atom. The van der Waals surface area contributed by atoms with Crippen LogP contribution in [0.4, 0.5) is 0 Å². The Labute approximate surface area is 105 Å². The van der Waals surface area contributed by atoms with E-state index in [0.29, 0.717) is 24.3 Å². The third-order valence-corrected chi connectivity index (χ3v) is 4.12. The minimum absolute atomic E-state index is 0.134. The minimum atomic E-state index is 0.134. The van der Waals surface area contributed by atoms with E-state index in [1.807, 2.05) is 6.92 Å². The van der Waals surface area contributed by atoms with Gasteiger partial charge in [-0.3, -0.25) is 4.79 Å². The van der Waals surface area contributed by atoms with Crippen molar-refractivity contribution in [1.29, 1.82) is 0 Å². The Bertz CT molecular complexity index is 251. The third kappa shape index (κ3) is 4.66. The zero-order valence-corrected chi connectivity index (χ0v) is 11.5. The van der Waals surface area contributed by atoms with Gasteiger partial charge in [0.25, 0.3) is 0 Å². The van der Waals surface area contributed by atoms with Crippen molar-refractivity contribution in [2.75, 3.05) is 13.2 Å². The van der Waals surface area contributed by atoms with Crippen molar-refractivity contribution in [3.63, 3.8) is 0 Å². The average molecular weight is 241 g/mol. The monoisotopic (exact) mass is 241 g/mol. The Hall–Kier alpha value is -0.570. The molecule has 0 aliphatic heterocycles. The van der Waals surface area contributed by atoms with Crippen molar-refractivity contribution >= 4 is 5.91 Å². The number of hydrogen-bond donors (Lipinski definition) is 2. The highest BCUT2D eigenvalue weighted by molar-refractivity contribution is 5.76. The number of rotatable bonds is 5. The summed E-state index contributed by atoms with van der Waals surface area (Å²) in [7, 11) is 0. The Morgan fingerprint density at radius 3 is 2.76 bits per heavy atom. The Balaban J connectivity index is 2.34. The zero-order chi connectivity index (χ0) is 12.9. The first-order valence-corrected chi connectivity index (χ1v) is 6.83. The van der Waals surface area contributed by atoms with E-state index in [1.54, 1.807) is 0 Å². The van der Waals surface area contributed by atoms with Crippen LogP contribution in [0, 0.1) is 17.3 Å². The quantitative estimate of drug-likeness (QED) is 0.776. The van der Waals surface area contributed by atoms with E-state index >= 15 is 0 Å². The van der Waals surface area contributed by atoms with Crippen molar-refractivity contribution < 1.29 is 9.90 Å². The number of nitrogens with one attached hydrogen (secondary N) is 1. The molecular formula is C14H27NO2. The van der Waals surface area contributed by atoms with Gasteiger partial charge in [-0.15, -0.1) is 0 Å². The largest absolute Gasteiger partial charge is 0.396 e. The molecule has 0 saturated heterocycles. The van der Waals surface area contributed by atoms with E-state index in [1.165, 1.54) is 25.7 Å². The number of carbonyl (C=O) groups excluding carboxylic acids is 1. The topological polar surface area (TPSA) is 49.3 Å². The maximum absolute atomic E-state index is 11.8. The Kier molecular flexibility index (Phi) is 5.44. The standard InChI is InChI=1S/C14H27NO2/c1-11(10-16)9-15-13(17)8-12-6-4-5-7-14(12,2)3/h11-12,16H,4-10H2,1-3H3,(H,15,17). The lowest BCUT2D eigenvalue weighted by atomic mass is 9.67. The van der Waals surface area contributed by atoms with Crippen molar-refractivity contribution in [3.8, 4) is 0 Å². The molecule has 1 saturated carbocycles. The number of carbonyl (C=O) groups is 1. The highest BCUT2D eigenvalue weighted by Crippen LogP contribution is 2.42. The summed E-state index contributed by atoms with van der Waals surface area (Å²) < 4.78 is 0. The molecule has 0 aromatic heterocycles. The molecule has 1 aliphatic rings. The highest BCUT2D eigenvalue weighted by Gasteiger charge is 2.33. The van der Waals surface area contributed by atoms with E-state index in [4.69, 9.17) is 5.11 Å². The van der Waals surface area contributed by atoms with Gasteiger partial charge in [-0.1, -0.05) is 33.6 Å². The summed E-state index contributed by atoms with van der Waals surface area (Å²) in [6, 6.07) is 0. The lowest BCUT2D eigenvalue weighted by Crippen LogP contribution is -2.35. The third-order valence-electron chi connectivity index (χ3n) is 4.12. The maximum atomic E-state index is 11.8. The van der Waals surface area contributed by atoms with E-state index in [2.05, 4.69) is 19.2 Å². The van der Waals surface area contributed by atoms with Crippen LogP contribution in [0.3, 0.4) is 0 Å². The summed E-state index contributed by atoms with van der Waals surface area (Å²) in [5.41, 5.74) is 0.304. The summed E-state index contributed by atoms with van der Waals surface area (Å²) in [5.74, 6) is 0.810. The first-order chi connectivity index (χ1) is 7.95. The van der Waals surface area contributed by atoms with Gasteiger partial charge in [0, 0.05) is 19.6 Å². The number of aliphatic hydroxyl groups excluding tert-OH is 1. The second kappa shape index (κ2) is 6.39. The van der Waals surface area contributed by atoms with Gasteiger partial charge in [0.1, 0.15) is 0 Å². The van der Waals surface area contributed by atoms with Gasteiger partial charge in [-0.2, -0.15) is 0 Å². The summed E-state index contributed by atoms with van der Waals surface area (Å²) in [5, 5.41) is 11.8. The SMILES string of the molecule is CC(CO)CNC(=O)CC1CCCCC1(C)C. The smallest absolute Gasteiger partial charge is 0.220 e. The molecular weight excluding hydrogens is 214 g/mol. The van der Waals surface area contributed by atoms with Gasteiger partial charge in [0.15, 0.2) is 0 Å². The van der Waals surface area contributed by atoms with Gasteiger partial charge >= 0.3 is 0 Å². The van der Waals surface area contributed by atoms with Crippen LogP contribution in [0.5, 0.6) is 0 Å². The zero-order valence-electron chi connectivity index (χ0n) is 11.5. The van der Waals surface area contributed by atoms with Crippen molar-refractivity contribution in [2.24, 2.45) is 17.3 Å². The molecule has 2 unspecified atom stereocenters. The van der Waals surface area contributed by atoms with E-state index < -0.39 is 0 Å². The van der Waals surface area contributed by atoms with Crippen LogP contribution >= 0.6 is 0 Å². The number of amides is 1. The second-order valence-corrected chi connectivity index (χ2v) is 6.23. The van der Waals surface area contributed by atoms with Crippen LogP contribution < -0.4 is 5.32 Å². The number of hydrogen-bond acceptors (Lipinski definition) is 2. The van der Waals surface area contributed by atoms with Gasteiger partial charge in [-0.05, 0) is 30.1 Å². The molecule has 3 nitrogen and oxygen atoms in total. The molecule has 0 aromatic rings. The van der Waals surface area contributed by atoms with Crippen molar-refractivity contribution in [2.45, 2.75) is 52.9 Å². The van der Waals surface area contributed by atoms with Crippen LogP contribution in [-0.2, 0) is 4.79 Å². The molecule has 1 rings (SSSR count). The number of aliphatic hydroxyl groups is 1. The van der Waals surface area contributed by atoms with Crippen LogP contribution in [0.15, 0.2) is 0 Å².